The Hall–Kier alpha value is -3.05. The summed E-state index contributed by atoms with van der Waals surface area (Å²) in [6.45, 7) is 11.8. The number of amides is 1. The van der Waals surface area contributed by atoms with Crippen LogP contribution in [-0.4, -0.2) is 24.2 Å². The molecule has 31 heavy (non-hydrogen) atoms. The molecule has 2 aromatic carbocycles. The zero-order valence-electron chi connectivity index (χ0n) is 18.4. The van der Waals surface area contributed by atoms with Gasteiger partial charge < -0.3 is 9.32 Å². The number of hydrogen-bond donors (Lipinski definition) is 1. The summed E-state index contributed by atoms with van der Waals surface area (Å²) >= 11 is 6.00. The molecule has 0 atom stereocenters. The molecular formula is C25H26ClN3O2. The molecule has 0 saturated heterocycles. The summed E-state index contributed by atoms with van der Waals surface area (Å²) in [6, 6.07) is 11.2. The first kappa shape index (κ1) is 21.2. The molecule has 1 aliphatic rings. The molecular weight excluding hydrogens is 410 g/mol. The fraction of sp³-hybridized carbons (Fsp3) is 0.280. The van der Waals surface area contributed by atoms with Gasteiger partial charge in [-0.05, 0) is 87.7 Å². The quantitative estimate of drug-likeness (QED) is 0.393. The Morgan fingerprint density at radius 2 is 2.00 bits per heavy atom. The van der Waals surface area contributed by atoms with Crippen molar-refractivity contribution in [2.45, 2.75) is 40.2 Å². The van der Waals surface area contributed by atoms with Gasteiger partial charge in [0.05, 0.1) is 11.8 Å². The molecule has 4 rings (SSSR count). The van der Waals surface area contributed by atoms with Crippen LogP contribution in [0.15, 0.2) is 52.0 Å². The number of carbonyl (C=O) groups is 1. The molecule has 1 N–H and O–H groups in total. The lowest BCUT2D eigenvalue weighted by Crippen LogP contribution is -2.45. The number of allylic oxidation sites excluding steroid dienone is 1. The molecule has 1 aliphatic heterocycles. The van der Waals surface area contributed by atoms with Crippen LogP contribution in [0, 0.1) is 6.92 Å². The number of fused-ring (bicyclic) bond motifs is 2. The van der Waals surface area contributed by atoms with Gasteiger partial charge in [0.1, 0.15) is 5.58 Å². The van der Waals surface area contributed by atoms with Crippen LogP contribution in [-0.2, 0) is 0 Å². The number of anilines is 1. The average molecular weight is 436 g/mol. The zero-order chi connectivity index (χ0) is 22.3. The van der Waals surface area contributed by atoms with Crippen LogP contribution in [0.5, 0.6) is 0 Å². The Labute approximate surface area is 187 Å². The molecule has 160 valence electrons. The van der Waals surface area contributed by atoms with E-state index in [1.54, 1.807) is 30.5 Å². The minimum Gasteiger partial charge on any atom is -0.451 e. The van der Waals surface area contributed by atoms with E-state index in [2.05, 4.69) is 68.3 Å². The summed E-state index contributed by atoms with van der Waals surface area (Å²) in [4.78, 5) is 14.8. The van der Waals surface area contributed by atoms with Gasteiger partial charge in [0, 0.05) is 28.2 Å². The number of furan rings is 1. The second kappa shape index (κ2) is 7.89. The number of rotatable bonds is 4. The third kappa shape index (κ3) is 3.98. The maximum absolute atomic E-state index is 12.4. The van der Waals surface area contributed by atoms with Crippen LogP contribution in [0.4, 0.5) is 5.69 Å². The Morgan fingerprint density at radius 3 is 2.74 bits per heavy atom. The summed E-state index contributed by atoms with van der Waals surface area (Å²) in [5, 5.41) is 5.53. The van der Waals surface area contributed by atoms with Crippen molar-refractivity contribution in [1.82, 2.24) is 5.43 Å². The SMILES string of the molecule is CCN1c2cc(C)c(/C=N\NC(=O)c3cc4cc(Cl)ccc4o3)cc2C(C)=CC1(C)C. The molecule has 0 aliphatic carbocycles. The molecule has 0 fully saturated rings. The van der Waals surface area contributed by atoms with Crippen molar-refractivity contribution < 1.29 is 9.21 Å². The first-order valence-electron chi connectivity index (χ1n) is 10.3. The molecule has 0 saturated carbocycles. The number of nitrogens with zero attached hydrogens (tertiary/aromatic N) is 2. The van der Waals surface area contributed by atoms with E-state index in [0.717, 1.165) is 23.1 Å². The van der Waals surface area contributed by atoms with Crippen molar-refractivity contribution in [2.75, 3.05) is 11.4 Å². The van der Waals surface area contributed by atoms with E-state index in [0.29, 0.717) is 10.6 Å². The third-order valence-electron chi connectivity index (χ3n) is 5.75. The minimum absolute atomic E-state index is 0.0291. The molecule has 6 heteroatoms. The first-order valence-corrected chi connectivity index (χ1v) is 10.7. The van der Waals surface area contributed by atoms with Crippen LogP contribution in [0.2, 0.25) is 5.02 Å². The van der Waals surface area contributed by atoms with E-state index >= 15 is 0 Å². The molecule has 5 nitrogen and oxygen atoms in total. The van der Waals surface area contributed by atoms with Gasteiger partial charge >= 0.3 is 5.91 Å². The topological polar surface area (TPSA) is 57.8 Å². The van der Waals surface area contributed by atoms with Gasteiger partial charge in [-0.3, -0.25) is 4.79 Å². The second-order valence-corrected chi connectivity index (χ2v) is 8.88. The smallest absolute Gasteiger partial charge is 0.307 e. The molecule has 1 amide bonds. The summed E-state index contributed by atoms with van der Waals surface area (Å²) in [5.74, 6) is -0.217. The standard InChI is InChI=1S/C25H26ClN3O2/c1-6-29-21-9-15(2)18(11-20(21)16(3)13-25(29,4)5)14-27-28-24(30)23-12-17-10-19(26)7-8-22(17)31-23/h7-14H,6H2,1-5H3,(H,28,30)/b27-14-. The van der Waals surface area contributed by atoms with Crippen LogP contribution < -0.4 is 10.3 Å². The summed E-state index contributed by atoms with van der Waals surface area (Å²) in [5.41, 5.74) is 8.84. The van der Waals surface area contributed by atoms with Crippen molar-refractivity contribution >= 4 is 46.0 Å². The van der Waals surface area contributed by atoms with Crippen LogP contribution >= 0.6 is 11.6 Å². The van der Waals surface area contributed by atoms with E-state index in [-0.39, 0.29) is 11.3 Å². The highest BCUT2D eigenvalue weighted by molar-refractivity contribution is 6.31. The molecule has 1 aromatic heterocycles. The maximum Gasteiger partial charge on any atom is 0.307 e. The maximum atomic E-state index is 12.4. The van der Waals surface area contributed by atoms with Crippen molar-refractivity contribution in [3.63, 3.8) is 0 Å². The highest BCUT2D eigenvalue weighted by atomic mass is 35.5. The van der Waals surface area contributed by atoms with E-state index < -0.39 is 5.91 Å². The van der Waals surface area contributed by atoms with Crippen molar-refractivity contribution in [2.24, 2.45) is 5.10 Å². The van der Waals surface area contributed by atoms with Gasteiger partial charge in [0.15, 0.2) is 5.76 Å². The van der Waals surface area contributed by atoms with E-state index in [9.17, 15) is 4.79 Å². The third-order valence-corrected chi connectivity index (χ3v) is 5.99. The lowest BCUT2D eigenvalue weighted by molar-refractivity contribution is 0.0929. The number of carbonyl (C=O) groups excluding carboxylic acids is 1. The molecule has 0 spiro atoms. The van der Waals surface area contributed by atoms with Crippen molar-refractivity contribution in [1.29, 1.82) is 0 Å². The molecule has 2 heterocycles. The Bertz CT molecular complexity index is 1240. The number of halogens is 1. The predicted molar refractivity (Wildman–Crippen MR) is 128 cm³/mol. The number of likely N-dealkylation sites (N-methyl/N-ethyl adjacent to an activating group) is 1. The lowest BCUT2D eigenvalue weighted by atomic mass is 9.87. The van der Waals surface area contributed by atoms with E-state index in [1.807, 2.05) is 0 Å². The van der Waals surface area contributed by atoms with Gasteiger partial charge in [-0.1, -0.05) is 17.7 Å². The van der Waals surface area contributed by atoms with Crippen LogP contribution in [0.3, 0.4) is 0 Å². The normalized spacial score (nSPS) is 15.3. The highest BCUT2D eigenvalue weighted by Crippen LogP contribution is 2.39. The summed E-state index contributed by atoms with van der Waals surface area (Å²) < 4.78 is 5.59. The van der Waals surface area contributed by atoms with Gasteiger partial charge in [0.25, 0.3) is 0 Å². The van der Waals surface area contributed by atoms with Crippen LogP contribution in [0.25, 0.3) is 16.5 Å². The van der Waals surface area contributed by atoms with E-state index in [1.165, 1.54) is 16.8 Å². The van der Waals surface area contributed by atoms with Crippen LogP contribution in [0.1, 0.15) is 54.9 Å². The van der Waals surface area contributed by atoms with Gasteiger partial charge in [-0.25, -0.2) is 5.43 Å². The number of benzene rings is 2. The van der Waals surface area contributed by atoms with Gasteiger partial charge in [-0.15, -0.1) is 0 Å². The fourth-order valence-electron chi connectivity index (χ4n) is 4.30. The number of aryl methyl sites for hydroxylation is 1. The Morgan fingerprint density at radius 1 is 1.23 bits per heavy atom. The molecule has 3 aromatic rings. The Kier molecular flexibility index (Phi) is 5.40. The molecule has 0 bridgehead atoms. The predicted octanol–water partition coefficient (Wildman–Crippen LogP) is 6.18. The average Bonchev–Trinajstić information content (AvgIpc) is 3.11. The molecule has 0 unspecified atom stereocenters. The molecule has 0 radical (unpaired) electrons. The van der Waals surface area contributed by atoms with E-state index in [4.69, 9.17) is 16.0 Å². The fourth-order valence-corrected chi connectivity index (χ4v) is 4.48. The number of hydrazone groups is 1. The minimum atomic E-state index is -0.408. The Balaban J connectivity index is 1.56. The van der Waals surface area contributed by atoms with Crippen molar-refractivity contribution in [3.05, 3.63) is 69.9 Å². The largest absolute Gasteiger partial charge is 0.451 e. The zero-order valence-corrected chi connectivity index (χ0v) is 19.2. The van der Waals surface area contributed by atoms with Crippen molar-refractivity contribution in [3.8, 4) is 0 Å². The first-order chi connectivity index (χ1) is 14.7. The highest BCUT2D eigenvalue weighted by Gasteiger charge is 2.30. The summed E-state index contributed by atoms with van der Waals surface area (Å²) in [6.07, 6.45) is 3.97. The van der Waals surface area contributed by atoms with Gasteiger partial charge in [0.2, 0.25) is 0 Å². The number of hydrogen-bond acceptors (Lipinski definition) is 4. The number of nitrogens with one attached hydrogen (secondary N) is 1. The lowest BCUT2D eigenvalue weighted by Gasteiger charge is -2.43. The monoisotopic (exact) mass is 435 g/mol. The second-order valence-electron chi connectivity index (χ2n) is 8.44. The summed E-state index contributed by atoms with van der Waals surface area (Å²) in [7, 11) is 0. The van der Waals surface area contributed by atoms with Gasteiger partial charge in [-0.2, -0.15) is 5.10 Å².